The lowest BCUT2D eigenvalue weighted by molar-refractivity contribution is -0.123. The fraction of sp³-hybridized carbons (Fsp3) is 0.923. The quantitative estimate of drug-likeness (QED) is 0.766. The van der Waals surface area contributed by atoms with Gasteiger partial charge in [-0.05, 0) is 57.1 Å². The van der Waals surface area contributed by atoms with Crippen molar-refractivity contribution < 1.29 is 4.79 Å². The zero-order valence-corrected chi connectivity index (χ0v) is 12.1. The first kappa shape index (κ1) is 14.8. The smallest absolute Gasteiger partial charge is 0.237 e. The average Bonchev–Trinajstić information content (AvgIpc) is 2.36. The molecule has 0 spiro atoms. The molecule has 0 bridgehead atoms. The Bertz CT molecular complexity index is 229. The third kappa shape index (κ3) is 5.77. The second-order valence-corrected chi connectivity index (χ2v) is 6.23. The van der Waals surface area contributed by atoms with Crippen LogP contribution in [0.3, 0.4) is 0 Å². The first-order chi connectivity index (χ1) is 8.13. The van der Waals surface area contributed by atoms with Gasteiger partial charge < -0.3 is 10.6 Å². The van der Waals surface area contributed by atoms with E-state index in [0.29, 0.717) is 0 Å². The van der Waals surface area contributed by atoms with Crippen LogP contribution in [0.15, 0.2) is 0 Å². The van der Waals surface area contributed by atoms with E-state index in [-0.39, 0.29) is 18.0 Å². The summed E-state index contributed by atoms with van der Waals surface area (Å²) in [7, 11) is 0. The fourth-order valence-corrected chi connectivity index (χ4v) is 3.06. The Balaban J connectivity index is 2.18. The van der Waals surface area contributed by atoms with Crippen LogP contribution >= 0.6 is 11.8 Å². The molecule has 17 heavy (non-hydrogen) atoms. The van der Waals surface area contributed by atoms with E-state index in [1.165, 1.54) is 24.3 Å². The van der Waals surface area contributed by atoms with E-state index in [9.17, 15) is 4.79 Å². The Hall–Kier alpha value is -0.220. The van der Waals surface area contributed by atoms with Crippen molar-refractivity contribution in [3.05, 3.63) is 0 Å². The summed E-state index contributed by atoms with van der Waals surface area (Å²) < 4.78 is 0. The van der Waals surface area contributed by atoms with E-state index < -0.39 is 0 Å². The van der Waals surface area contributed by atoms with E-state index in [0.717, 1.165) is 18.9 Å². The molecule has 2 unspecified atom stereocenters. The van der Waals surface area contributed by atoms with Crippen LogP contribution in [0.25, 0.3) is 0 Å². The van der Waals surface area contributed by atoms with E-state index in [1.54, 1.807) is 0 Å². The predicted molar refractivity (Wildman–Crippen MR) is 75.4 cm³/mol. The summed E-state index contributed by atoms with van der Waals surface area (Å²) in [6, 6.07) is 0.205. The van der Waals surface area contributed by atoms with Crippen molar-refractivity contribution in [3.8, 4) is 0 Å². The van der Waals surface area contributed by atoms with Gasteiger partial charge in [-0.15, -0.1) is 0 Å². The third-order valence-corrected chi connectivity index (χ3v) is 4.50. The number of amides is 1. The highest BCUT2D eigenvalue weighted by Crippen LogP contribution is 2.21. The number of nitrogens with one attached hydrogen (secondary N) is 2. The molecule has 0 radical (unpaired) electrons. The summed E-state index contributed by atoms with van der Waals surface area (Å²) in [4.78, 5) is 11.8. The van der Waals surface area contributed by atoms with Gasteiger partial charge in [-0.3, -0.25) is 4.79 Å². The predicted octanol–water partition coefficient (Wildman–Crippen LogP) is 2.02. The van der Waals surface area contributed by atoms with Crippen molar-refractivity contribution in [2.45, 2.75) is 52.1 Å². The molecule has 0 aliphatic carbocycles. The first-order valence-electron chi connectivity index (χ1n) is 6.75. The fourth-order valence-electron chi connectivity index (χ4n) is 1.86. The van der Waals surface area contributed by atoms with E-state index in [2.05, 4.69) is 17.6 Å². The van der Waals surface area contributed by atoms with Crippen molar-refractivity contribution in [1.29, 1.82) is 0 Å². The van der Waals surface area contributed by atoms with Crippen LogP contribution in [-0.2, 0) is 4.79 Å². The number of hydrogen-bond donors (Lipinski definition) is 2. The minimum Gasteiger partial charge on any atom is -0.352 e. The van der Waals surface area contributed by atoms with Gasteiger partial charge in [0.1, 0.15) is 0 Å². The number of rotatable bonds is 6. The molecular formula is C13H26N2OS. The second kappa shape index (κ2) is 7.98. The highest BCUT2D eigenvalue weighted by Gasteiger charge is 2.18. The van der Waals surface area contributed by atoms with Crippen LogP contribution in [0.4, 0.5) is 0 Å². The van der Waals surface area contributed by atoms with Gasteiger partial charge in [0.05, 0.1) is 6.04 Å². The van der Waals surface area contributed by atoms with Gasteiger partial charge in [0.15, 0.2) is 0 Å². The molecular weight excluding hydrogens is 232 g/mol. The molecule has 1 rings (SSSR count). The summed E-state index contributed by atoms with van der Waals surface area (Å²) in [5, 5.41) is 6.37. The molecule has 1 amide bonds. The number of carbonyl (C=O) groups is 1. The highest BCUT2D eigenvalue weighted by molar-refractivity contribution is 7.99. The number of carbonyl (C=O) groups excluding carboxylic acids is 1. The molecule has 1 saturated heterocycles. The Labute approximate surface area is 109 Å². The molecule has 3 nitrogen and oxygen atoms in total. The third-order valence-electron chi connectivity index (χ3n) is 3.45. The van der Waals surface area contributed by atoms with E-state index in [1.807, 2.05) is 25.6 Å². The largest absolute Gasteiger partial charge is 0.352 e. The van der Waals surface area contributed by atoms with Crippen LogP contribution in [0.1, 0.15) is 40.0 Å². The number of thioether (sulfide) groups is 1. The van der Waals surface area contributed by atoms with Gasteiger partial charge in [-0.2, -0.15) is 11.8 Å². The molecule has 0 aromatic carbocycles. The minimum atomic E-state index is -0.0708. The molecule has 0 aromatic rings. The van der Waals surface area contributed by atoms with Crippen LogP contribution in [0.2, 0.25) is 0 Å². The van der Waals surface area contributed by atoms with Gasteiger partial charge in [0, 0.05) is 6.04 Å². The summed E-state index contributed by atoms with van der Waals surface area (Å²) in [5.41, 5.74) is 0. The Kier molecular flexibility index (Phi) is 6.97. The normalized spacial score (nSPS) is 20.9. The van der Waals surface area contributed by atoms with E-state index in [4.69, 9.17) is 0 Å². The van der Waals surface area contributed by atoms with Crippen LogP contribution < -0.4 is 10.6 Å². The van der Waals surface area contributed by atoms with Gasteiger partial charge in [-0.1, -0.05) is 6.92 Å². The molecule has 1 heterocycles. The molecule has 0 aromatic heterocycles. The van der Waals surface area contributed by atoms with E-state index >= 15 is 0 Å². The summed E-state index contributed by atoms with van der Waals surface area (Å²) in [5.74, 6) is 3.44. The van der Waals surface area contributed by atoms with Crippen molar-refractivity contribution in [1.82, 2.24) is 10.6 Å². The van der Waals surface area contributed by atoms with Crippen LogP contribution in [0.5, 0.6) is 0 Å². The van der Waals surface area contributed by atoms with Crippen molar-refractivity contribution in [2.75, 3.05) is 18.1 Å². The Morgan fingerprint density at radius 2 is 2.00 bits per heavy atom. The zero-order chi connectivity index (χ0) is 12.7. The number of hydrogen-bond acceptors (Lipinski definition) is 3. The summed E-state index contributed by atoms with van der Waals surface area (Å²) in [6.45, 7) is 7.07. The second-order valence-electron chi connectivity index (χ2n) is 5.00. The van der Waals surface area contributed by atoms with Gasteiger partial charge in [-0.25, -0.2) is 0 Å². The standard InChI is InChI=1S/C13H26N2OS/c1-4-10(2)15-13(16)11(3)14-9-12-5-7-17-8-6-12/h10-12,14H,4-9H2,1-3H3,(H,15,16). The molecule has 4 heteroatoms. The Morgan fingerprint density at radius 1 is 1.35 bits per heavy atom. The highest BCUT2D eigenvalue weighted by atomic mass is 32.2. The summed E-state index contributed by atoms with van der Waals surface area (Å²) in [6.07, 6.45) is 3.56. The zero-order valence-electron chi connectivity index (χ0n) is 11.3. The van der Waals surface area contributed by atoms with Gasteiger partial charge in [0.25, 0.3) is 0 Å². The SMILES string of the molecule is CCC(C)NC(=O)C(C)NCC1CCSCC1. The average molecular weight is 258 g/mol. The monoisotopic (exact) mass is 258 g/mol. The maximum atomic E-state index is 11.8. The van der Waals surface area contributed by atoms with Crippen LogP contribution in [0, 0.1) is 5.92 Å². The maximum absolute atomic E-state index is 11.8. The lowest BCUT2D eigenvalue weighted by Crippen LogP contribution is -2.46. The maximum Gasteiger partial charge on any atom is 0.237 e. The molecule has 2 atom stereocenters. The van der Waals surface area contributed by atoms with Crippen molar-refractivity contribution in [2.24, 2.45) is 5.92 Å². The molecule has 1 fully saturated rings. The van der Waals surface area contributed by atoms with Gasteiger partial charge >= 0.3 is 0 Å². The first-order valence-corrected chi connectivity index (χ1v) is 7.90. The topological polar surface area (TPSA) is 41.1 Å². The Morgan fingerprint density at radius 3 is 2.59 bits per heavy atom. The lowest BCUT2D eigenvalue weighted by atomic mass is 10.0. The minimum absolute atomic E-state index is 0.0708. The van der Waals surface area contributed by atoms with Crippen molar-refractivity contribution >= 4 is 17.7 Å². The van der Waals surface area contributed by atoms with Gasteiger partial charge in [0.2, 0.25) is 5.91 Å². The van der Waals surface area contributed by atoms with Crippen LogP contribution in [-0.4, -0.2) is 36.0 Å². The molecule has 0 saturated carbocycles. The molecule has 2 N–H and O–H groups in total. The summed E-state index contributed by atoms with van der Waals surface area (Å²) >= 11 is 2.04. The lowest BCUT2D eigenvalue weighted by Gasteiger charge is -2.24. The van der Waals surface area contributed by atoms with Crippen molar-refractivity contribution in [3.63, 3.8) is 0 Å². The molecule has 100 valence electrons. The molecule has 1 aliphatic heterocycles. The molecule has 1 aliphatic rings.